The van der Waals surface area contributed by atoms with Crippen LogP contribution in [0.15, 0.2) is 48.5 Å². The van der Waals surface area contributed by atoms with E-state index in [9.17, 15) is 4.79 Å². The standard InChI is InChI=1S/C21H22N2O/c24-21-19-11-8-16(14-4-2-1-3-5-14)12-17(19)13-23(21)20-15-6-9-18(22-20)10-7-15/h1-5,8,11-12,15,18,20,22H,6-7,9-10,13H2. The molecule has 2 aromatic rings. The van der Waals surface area contributed by atoms with Gasteiger partial charge in [0.2, 0.25) is 0 Å². The molecule has 3 heteroatoms. The Morgan fingerprint density at radius 2 is 1.71 bits per heavy atom. The lowest BCUT2D eigenvalue weighted by atomic mass is 9.79. The molecule has 1 amide bonds. The summed E-state index contributed by atoms with van der Waals surface area (Å²) in [6.07, 6.45) is 5.30. The van der Waals surface area contributed by atoms with Gasteiger partial charge in [-0.15, -0.1) is 0 Å². The molecule has 2 bridgehead atoms. The van der Waals surface area contributed by atoms with Gasteiger partial charge in [-0.3, -0.25) is 10.1 Å². The van der Waals surface area contributed by atoms with Crippen LogP contribution in [-0.4, -0.2) is 23.0 Å². The van der Waals surface area contributed by atoms with Crippen molar-refractivity contribution in [2.45, 2.75) is 44.4 Å². The molecule has 0 aromatic heterocycles. The summed E-state index contributed by atoms with van der Waals surface area (Å²) in [6, 6.07) is 17.3. The van der Waals surface area contributed by atoms with E-state index in [1.54, 1.807) is 0 Å². The Bertz CT molecular complexity index is 778. The fraction of sp³-hybridized carbons (Fsp3) is 0.381. The summed E-state index contributed by atoms with van der Waals surface area (Å²) in [5.74, 6) is 0.830. The molecule has 1 aliphatic carbocycles. The van der Waals surface area contributed by atoms with Crippen LogP contribution in [0.1, 0.15) is 41.6 Å². The third kappa shape index (κ3) is 2.19. The van der Waals surface area contributed by atoms with Crippen molar-refractivity contribution in [2.24, 2.45) is 5.92 Å². The van der Waals surface area contributed by atoms with E-state index in [2.05, 4.69) is 46.6 Å². The van der Waals surface area contributed by atoms with E-state index in [-0.39, 0.29) is 12.1 Å². The minimum Gasteiger partial charge on any atom is -0.318 e. The summed E-state index contributed by atoms with van der Waals surface area (Å²) in [7, 11) is 0. The predicted octanol–water partition coefficient (Wildman–Crippen LogP) is 3.80. The van der Waals surface area contributed by atoms with Crippen LogP contribution >= 0.6 is 0 Å². The molecule has 4 aliphatic rings. The summed E-state index contributed by atoms with van der Waals surface area (Å²) >= 11 is 0. The lowest BCUT2D eigenvalue weighted by Crippen LogP contribution is -2.60. The fourth-order valence-corrected chi connectivity index (χ4v) is 4.70. The minimum atomic E-state index is 0.203. The Balaban J connectivity index is 1.45. The van der Waals surface area contributed by atoms with Crippen LogP contribution in [0.5, 0.6) is 0 Å². The van der Waals surface area contributed by atoms with E-state index < -0.39 is 0 Å². The molecule has 6 rings (SSSR count). The third-order valence-electron chi connectivity index (χ3n) is 6.00. The topological polar surface area (TPSA) is 32.3 Å². The van der Waals surface area contributed by atoms with E-state index in [4.69, 9.17) is 0 Å². The van der Waals surface area contributed by atoms with Gasteiger partial charge < -0.3 is 4.90 Å². The van der Waals surface area contributed by atoms with Gasteiger partial charge in [-0.05, 0) is 60.4 Å². The average Bonchev–Trinajstić information content (AvgIpc) is 2.99. The number of benzene rings is 2. The molecule has 1 unspecified atom stereocenters. The van der Waals surface area contributed by atoms with Crippen molar-refractivity contribution in [1.29, 1.82) is 0 Å². The van der Waals surface area contributed by atoms with Crippen LogP contribution in [0.4, 0.5) is 0 Å². The van der Waals surface area contributed by atoms with Crippen LogP contribution in [0.25, 0.3) is 11.1 Å². The summed E-state index contributed by atoms with van der Waals surface area (Å²) in [5.41, 5.74) is 4.46. The van der Waals surface area contributed by atoms with Gasteiger partial charge in [-0.2, -0.15) is 0 Å². The maximum Gasteiger partial charge on any atom is 0.255 e. The monoisotopic (exact) mass is 318 g/mol. The molecule has 3 aliphatic heterocycles. The Morgan fingerprint density at radius 3 is 2.42 bits per heavy atom. The second kappa shape index (κ2) is 5.45. The van der Waals surface area contributed by atoms with Crippen molar-refractivity contribution >= 4 is 5.91 Å². The smallest absolute Gasteiger partial charge is 0.255 e. The summed E-state index contributed by atoms with van der Waals surface area (Å²) in [4.78, 5) is 15.0. The van der Waals surface area contributed by atoms with Gasteiger partial charge in [-0.1, -0.05) is 36.4 Å². The fourth-order valence-electron chi connectivity index (χ4n) is 4.70. The van der Waals surface area contributed by atoms with E-state index in [0.717, 1.165) is 12.1 Å². The number of carbonyl (C=O) groups excluding carboxylic acids is 1. The minimum absolute atomic E-state index is 0.203. The predicted molar refractivity (Wildman–Crippen MR) is 94.4 cm³/mol. The van der Waals surface area contributed by atoms with E-state index in [0.29, 0.717) is 12.0 Å². The molecular weight excluding hydrogens is 296 g/mol. The number of nitrogens with one attached hydrogen (secondary N) is 1. The molecule has 24 heavy (non-hydrogen) atoms. The Labute approximate surface area is 142 Å². The van der Waals surface area contributed by atoms with E-state index in [1.807, 2.05) is 12.1 Å². The summed E-state index contributed by atoms with van der Waals surface area (Å²) in [6.45, 7) is 0.746. The number of piperidine rings is 2. The molecule has 1 saturated carbocycles. The first kappa shape index (κ1) is 14.2. The quantitative estimate of drug-likeness (QED) is 0.913. The van der Waals surface area contributed by atoms with E-state index in [1.165, 1.54) is 42.4 Å². The molecule has 2 saturated heterocycles. The molecule has 122 valence electrons. The van der Waals surface area contributed by atoms with Gasteiger partial charge in [0.15, 0.2) is 0 Å². The van der Waals surface area contributed by atoms with Gasteiger partial charge in [0, 0.05) is 18.2 Å². The Morgan fingerprint density at radius 1 is 0.917 bits per heavy atom. The zero-order valence-electron chi connectivity index (χ0n) is 13.7. The maximum atomic E-state index is 12.9. The molecule has 3 heterocycles. The largest absolute Gasteiger partial charge is 0.318 e. The number of carbonyl (C=O) groups is 1. The van der Waals surface area contributed by atoms with Crippen LogP contribution < -0.4 is 5.32 Å². The second-order valence-corrected chi connectivity index (χ2v) is 7.39. The van der Waals surface area contributed by atoms with Crippen LogP contribution in [-0.2, 0) is 6.54 Å². The van der Waals surface area contributed by atoms with Crippen molar-refractivity contribution in [3.63, 3.8) is 0 Å². The van der Waals surface area contributed by atoms with Crippen molar-refractivity contribution < 1.29 is 4.79 Å². The SMILES string of the molecule is O=C1c2ccc(-c3ccccc3)cc2CN1C1NC2CCC1CC2. The van der Waals surface area contributed by atoms with Gasteiger partial charge in [-0.25, -0.2) is 0 Å². The molecule has 1 atom stereocenters. The highest BCUT2D eigenvalue weighted by atomic mass is 16.2. The average molecular weight is 318 g/mol. The number of amides is 1. The molecular formula is C21H22N2O. The van der Waals surface area contributed by atoms with Crippen molar-refractivity contribution in [2.75, 3.05) is 0 Å². The van der Waals surface area contributed by atoms with Crippen LogP contribution in [0.3, 0.4) is 0 Å². The highest BCUT2D eigenvalue weighted by molar-refractivity contribution is 5.99. The zero-order chi connectivity index (χ0) is 16.1. The molecule has 0 spiro atoms. The molecule has 2 aromatic carbocycles. The summed E-state index contributed by atoms with van der Waals surface area (Å²) in [5, 5.41) is 3.71. The number of hydrogen-bond donors (Lipinski definition) is 1. The number of nitrogens with zero attached hydrogens (tertiary/aromatic N) is 1. The molecule has 3 nitrogen and oxygen atoms in total. The normalized spacial score (nSPS) is 28.2. The Hall–Kier alpha value is -2.13. The van der Waals surface area contributed by atoms with Crippen molar-refractivity contribution in [3.05, 3.63) is 59.7 Å². The molecule has 3 fully saturated rings. The number of rotatable bonds is 2. The first-order valence-electron chi connectivity index (χ1n) is 9.05. The van der Waals surface area contributed by atoms with Gasteiger partial charge in [0.1, 0.15) is 0 Å². The lowest BCUT2D eigenvalue weighted by Gasteiger charge is -2.47. The van der Waals surface area contributed by atoms with Crippen molar-refractivity contribution in [1.82, 2.24) is 10.2 Å². The number of fused-ring (bicyclic) bond motifs is 4. The highest BCUT2D eigenvalue weighted by Gasteiger charge is 2.42. The first-order valence-corrected chi connectivity index (χ1v) is 9.05. The third-order valence-corrected chi connectivity index (χ3v) is 6.00. The highest BCUT2D eigenvalue weighted by Crippen LogP contribution is 2.38. The van der Waals surface area contributed by atoms with E-state index >= 15 is 0 Å². The van der Waals surface area contributed by atoms with Gasteiger partial charge in [0.05, 0.1) is 6.17 Å². The summed E-state index contributed by atoms with van der Waals surface area (Å²) < 4.78 is 0. The maximum absolute atomic E-state index is 12.9. The Kier molecular flexibility index (Phi) is 3.23. The second-order valence-electron chi connectivity index (χ2n) is 7.39. The van der Waals surface area contributed by atoms with Crippen LogP contribution in [0, 0.1) is 5.92 Å². The number of hydrogen-bond acceptors (Lipinski definition) is 2. The molecule has 1 N–H and O–H groups in total. The lowest BCUT2D eigenvalue weighted by molar-refractivity contribution is 0.0243. The zero-order valence-corrected chi connectivity index (χ0v) is 13.7. The molecule has 0 radical (unpaired) electrons. The van der Waals surface area contributed by atoms with Crippen molar-refractivity contribution in [3.8, 4) is 11.1 Å². The first-order chi connectivity index (χ1) is 11.8. The van der Waals surface area contributed by atoms with Gasteiger partial charge >= 0.3 is 0 Å². The van der Waals surface area contributed by atoms with Gasteiger partial charge in [0.25, 0.3) is 5.91 Å². The van der Waals surface area contributed by atoms with Crippen LogP contribution in [0.2, 0.25) is 0 Å².